The molecular weight excluding hydrogens is 426 g/mol. The average molecular weight is 450 g/mol. The number of nitriles is 1. The number of hydrogen-bond acceptors (Lipinski definition) is 5. The molecule has 0 aliphatic rings. The minimum atomic E-state index is -0.272. The predicted octanol–water partition coefficient (Wildman–Crippen LogP) is 5.72. The highest BCUT2D eigenvalue weighted by atomic mass is 16.5. The van der Waals surface area contributed by atoms with Crippen LogP contribution >= 0.6 is 0 Å². The summed E-state index contributed by atoms with van der Waals surface area (Å²) in [6.45, 7) is 2.14. The van der Waals surface area contributed by atoms with E-state index in [9.17, 15) is 10.1 Å². The molecule has 1 N–H and O–H groups in total. The third-order valence-electron chi connectivity index (χ3n) is 4.99. The zero-order valence-electron chi connectivity index (χ0n) is 18.7. The quantitative estimate of drug-likeness (QED) is 0.348. The van der Waals surface area contributed by atoms with Gasteiger partial charge < -0.3 is 14.8 Å². The summed E-state index contributed by atoms with van der Waals surface area (Å²) >= 11 is 0. The lowest BCUT2D eigenvalue weighted by Gasteiger charge is -2.13. The monoisotopic (exact) mass is 449 g/mol. The van der Waals surface area contributed by atoms with Crippen molar-refractivity contribution in [2.24, 2.45) is 0 Å². The van der Waals surface area contributed by atoms with Gasteiger partial charge in [0.1, 0.15) is 6.07 Å². The molecule has 0 atom stereocenters. The van der Waals surface area contributed by atoms with Gasteiger partial charge in [0.15, 0.2) is 18.1 Å². The summed E-state index contributed by atoms with van der Waals surface area (Å²) < 4.78 is 11.4. The standard InChI is InChI=1S/C28H23N3O3/c1-2-33-27-17-20(12-15-26(27)34-19-28(32)30-23-9-4-3-5-10-23)16-22(18-29)25-14-13-21-8-6-7-11-24(21)31-25/h3-17H,2,19H2,1H3,(H,30,32)/b22-16-. The zero-order chi connectivity index (χ0) is 23.8. The normalized spacial score (nSPS) is 11.0. The summed E-state index contributed by atoms with van der Waals surface area (Å²) in [5, 5.41) is 13.5. The Morgan fingerprint density at radius 3 is 2.56 bits per heavy atom. The number of carbonyl (C=O) groups is 1. The molecule has 0 aliphatic carbocycles. The van der Waals surface area contributed by atoms with Crippen molar-refractivity contribution < 1.29 is 14.3 Å². The van der Waals surface area contributed by atoms with Gasteiger partial charge in [-0.3, -0.25) is 4.79 Å². The van der Waals surface area contributed by atoms with Crippen LogP contribution in [0.2, 0.25) is 0 Å². The Morgan fingerprint density at radius 2 is 1.76 bits per heavy atom. The SMILES string of the molecule is CCOc1cc(/C=C(/C#N)c2ccc3ccccc3n2)ccc1OCC(=O)Nc1ccccc1. The molecule has 0 saturated heterocycles. The molecule has 6 heteroatoms. The molecule has 0 radical (unpaired) electrons. The summed E-state index contributed by atoms with van der Waals surface area (Å²) in [5.74, 6) is 0.670. The Labute approximate surface area is 198 Å². The lowest BCUT2D eigenvalue weighted by atomic mass is 10.1. The first-order valence-electron chi connectivity index (χ1n) is 10.9. The number of benzene rings is 3. The number of carbonyl (C=O) groups excluding carboxylic acids is 1. The fourth-order valence-corrected chi connectivity index (χ4v) is 3.41. The van der Waals surface area contributed by atoms with Crippen LogP contribution in [0.4, 0.5) is 5.69 Å². The molecule has 168 valence electrons. The van der Waals surface area contributed by atoms with Crippen molar-refractivity contribution in [2.75, 3.05) is 18.5 Å². The zero-order valence-corrected chi connectivity index (χ0v) is 18.7. The first-order chi connectivity index (χ1) is 16.7. The van der Waals surface area contributed by atoms with E-state index in [1.54, 1.807) is 18.2 Å². The number of ether oxygens (including phenoxy) is 2. The molecule has 4 rings (SSSR count). The largest absolute Gasteiger partial charge is 0.490 e. The third kappa shape index (κ3) is 5.59. The van der Waals surface area contributed by atoms with Crippen molar-refractivity contribution in [3.63, 3.8) is 0 Å². The fraction of sp³-hybridized carbons (Fsp3) is 0.107. The van der Waals surface area contributed by atoms with Crippen LogP contribution in [-0.4, -0.2) is 24.1 Å². The maximum absolute atomic E-state index is 12.2. The second-order valence-corrected chi connectivity index (χ2v) is 7.40. The van der Waals surface area contributed by atoms with Crippen molar-refractivity contribution in [1.29, 1.82) is 5.26 Å². The molecular formula is C28H23N3O3. The Kier molecular flexibility index (Phi) is 7.16. The molecule has 0 fully saturated rings. The molecule has 1 amide bonds. The first-order valence-corrected chi connectivity index (χ1v) is 10.9. The van der Waals surface area contributed by atoms with Gasteiger partial charge in [-0.05, 0) is 55.0 Å². The summed E-state index contributed by atoms with van der Waals surface area (Å²) in [5.41, 5.74) is 3.32. The van der Waals surface area contributed by atoms with Gasteiger partial charge in [-0.25, -0.2) is 4.98 Å². The highest BCUT2D eigenvalue weighted by molar-refractivity contribution is 5.92. The van der Waals surface area contributed by atoms with Crippen LogP contribution in [0.25, 0.3) is 22.6 Å². The van der Waals surface area contributed by atoms with E-state index in [2.05, 4.69) is 16.4 Å². The van der Waals surface area contributed by atoms with Crippen molar-refractivity contribution in [2.45, 2.75) is 6.92 Å². The van der Waals surface area contributed by atoms with Crippen LogP contribution < -0.4 is 14.8 Å². The maximum Gasteiger partial charge on any atom is 0.262 e. The highest BCUT2D eigenvalue weighted by Gasteiger charge is 2.11. The number of rotatable bonds is 8. The molecule has 1 aromatic heterocycles. The Bertz CT molecular complexity index is 1370. The van der Waals surface area contributed by atoms with Crippen LogP contribution in [0, 0.1) is 11.3 Å². The molecule has 0 unspecified atom stereocenters. The van der Waals surface area contributed by atoms with Crippen LogP contribution in [0.3, 0.4) is 0 Å². The second kappa shape index (κ2) is 10.8. The molecule has 3 aromatic carbocycles. The number of anilines is 1. The molecule has 6 nitrogen and oxygen atoms in total. The number of hydrogen-bond donors (Lipinski definition) is 1. The summed E-state index contributed by atoms with van der Waals surface area (Å²) in [7, 11) is 0. The van der Waals surface area contributed by atoms with Gasteiger partial charge in [-0.2, -0.15) is 5.26 Å². The smallest absolute Gasteiger partial charge is 0.262 e. The Morgan fingerprint density at radius 1 is 0.971 bits per heavy atom. The fourth-order valence-electron chi connectivity index (χ4n) is 3.41. The number of nitrogens with one attached hydrogen (secondary N) is 1. The van der Waals surface area contributed by atoms with E-state index >= 15 is 0 Å². The van der Waals surface area contributed by atoms with Gasteiger partial charge in [0.2, 0.25) is 0 Å². The van der Waals surface area contributed by atoms with Crippen molar-refractivity contribution in [1.82, 2.24) is 4.98 Å². The first kappa shape index (κ1) is 22.6. The third-order valence-corrected chi connectivity index (χ3v) is 4.99. The molecule has 34 heavy (non-hydrogen) atoms. The lowest BCUT2D eigenvalue weighted by molar-refractivity contribution is -0.118. The van der Waals surface area contributed by atoms with E-state index < -0.39 is 0 Å². The van der Waals surface area contributed by atoms with Crippen LogP contribution in [0.5, 0.6) is 11.5 Å². The molecule has 0 bridgehead atoms. The average Bonchev–Trinajstić information content (AvgIpc) is 2.87. The molecule has 0 spiro atoms. The van der Waals surface area contributed by atoms with Gasteiger partial charge >= 0.3 is 0 Å². The van der Waals surface area contributed by atoms with Gasteiger partial charge in [0.05, 0.1) is 23.4 Å². The minimum Gasteiger partial charge on any atom is -0.490 e. The Balaban J connectivity index is 1.53. The number of para-hydroxylation sites is 2. The van der Waals surface area contributed by atoms with Gasteiger partial charge in [0, 0.05) is 11.1 Å². The van der Waals surface area contributed by atoms with Crippen molar-refractivity contribution in [3.05, 3.63) is 96.2 Å². The summed E-state index contributed by atoms with van der Waals surface area (Å²) in [6.07, 6.45) is 1.76. The van der Waals surface area contributed by atoms with Crippen molar-refractivity contribution >= 4 is 34.1 Å². The molecule has 0 aliphatic heterocycles. The number of aromatic nitrogens is 1. The topological polar surface area (TPSA) is 84.2 Å². The number of nitrogens with zero attached hydrogens (tertiary/aromatic N) is 2. The second-order valence-electron chi connectivity index (χ2n) is 7.40. The Hall–Kier alpha value is -4.63. The van der Waals surface area contributed by atoms with Gasteiger partial charge in [-0.1, -0.05) is 48.5 Å². The van der Waals surface area contributed by atoms with E-state index in [1.807, 2.05) is 79.7 Å². The maximum atomic E-state index is 12.2. The highest BCUT2D eigenvalue weighted by Crippen LogP contribution is 2.30. The lowest BCUT2D eigenvalue weighted by Crippen LogP contribution is -2.20. The summed E-state index contributed by atoms with van der Waals surface area (Å²) in [6, 6.07) is 28.3. The van der Waals surface area contributed by atoms with E-state index in [1.165, 1.54) is 0 Å². The predicted molar refractivity (Wildman–Crippen MR) is 133 cm³/mol. The van der Waals surface area contributed by atoms with E-state index in [-0.39, 0.29) is 12.5 Å². The number of fused-ring (bicyclic) bond motifs is 1. The number of amides is 1. The molecule has 1 heterocycles. The van der Waals surface area contributed by atoms with Crippen LogP contribution in [0.1, 0.15) is 18.2 Å². The van der Waals surface area contributed by atoms with Gasteiger partial charge in [0.25, 0.3) is 5.91 Å². The number of allylic oxidation sites excluding steroid dienone is 1. The summed E-state index contributed by atoms with van der Waals surface area (Å²) in [4.78, 5) is 16.8. The van der Waals surface area contributed by atoms with Crippen LogP contribution in [-0.2, 0) is 4.79 Å². The number of pyridine rings is 1. The van der Waals surface area contributed by atoms with Crippen LogP contribution in [0.15, 0.2) is 84.9 Å². The molecule has 4 aromatic rings. The molecule has 0 saturated carbocycles. The van der Waals surface area contributed by atoms with E-state index in [0.717, 1.165) is 16.5 Å². The van der Waals surface area contributed by atoms with Gasteiger partial charge in [-0.15, -0.1) is 0 Å². The van der Waals surface area contributed by atoms with Crippen molar-refractivity contribution in [3.8, 4) is 17.6 Å². The van der Waals surface area contributed by atoms with E-state index in [4.69, 9.17) is 9.47 Å². The van der Waals surface area contributed by atoms with E-state index in [0.29, 0.717) is 35.1 Å². The minimum absolute atomic E-state index is 0.158.